The van der Waals surface area contributed by atoms with Gasteiger partial charge in [0.15, 0.2) is 0 Å². The zero-order chi connectivity index (χ0) is 13.2. The molecule has 1 unspecified atom stereocenters. The number of benzene rings is 1. The third-order valence-corrected chi connectivity index (χ3v) is 3.93. The molecule has 0 radical (unpaired) electrons. The fourth-order valence-electron chi connectivity index (χ4n) is 2.08. The summed E-state index contributed by atoms with van der Waals surface area (Å²) in [5.41, 5.74) is 1.77. The highest BCUT2D eigenvalue weighted by atomic mass is 35.5. The summed E-state index contributed by atoms with van der Waals surface area (Å²) in [7, 11) is 0. The number of fused-ring (bicyclic) bond motifs is 1. The SMILES string of the molecule is Cc1nc2ccc(NC(=O)C3COCCN3)cc2s1.Cl. The largest absolute Gasteiger partial charge is 0.378 e. The van der Waals surface area contributed by atoms with E-state index in [1.165, 1.54) is 0 Å². The van der Waals surface area contributed by atoms with Crippen LogP contribution in [-0.2, 0) is 9.53 Å². The Labute approximate surface area is 127 Å². The Morgan fingerprint density at radius 1 is 1.55 bits per heavy atom. The molecule has 1 fully saturated rings. The number of amides is 1. The highest BCUT2D eigenvalue weighted by Crippen LogP contribution is 2.24. The van der Waals surface area contributed by atoms with E-state index < -0.39 is 0 Å². The third kappa shape index (κ3) is 3.27. The lowest BCUT2D eigenvalue weighted by atomic mass is 10.2. The number of nitrogens with one attached hydrogen (secondary N) is 2. The second-order valence-electron chi connectivity index (χ2n) is 4.49. The molecule has 2 aromatic rings. The summed E-state index contributed by atoms with van der Waals surface area (Å²) in [5.74, 6) is -0.0553. The van der Waals surface area contributed by atoms with Crippen LogP contribution in [0.2, 0.25) is 0 Å². The first-order valence-corrected chi connectivity index (χ1v) is 7.03. The van der Waals surface area contributed by atoms with Gasteiger partial charge in [0, 0.05) is 12.2 Å². The van der Waals surface area contributed by atoms with Crippen molar-refractivity contribution in [1.29, 1.82) is 0 Å². The number of carbonyl (C=O) groups is 1. The van der Waals surface area contributed by atoms with Gasteiger partial charge in [-0.2, -0.15) is 0 Å². The molecular formula is C13H16ClN3O2S. The van der Waals surface area contributed by atoms with Crippen molar-refractivity contribution in [3.8, 4) is 0 Å². The molecule has 2 heterocycles. The van der Waals surface area contributed by atoms with E-state index in [4.69, 9.17) is 4.74 Å². The van der Waals surface area contributed by atoms with Gasteiger partial charge in [-0.05, 0) is 25.1 Å². The van der Waals surface area contributed by atoms with Crippen molar-refractivity contribution in [2.45, 2.75) is 13.0 Å². The molecule has 1 aliphatic heterocycles. The molecule has 1 amide bonds. The van der Waals surface area contributed by atoms with E-state index in [2.05, 4.69) is 15.6 Å². The maximum absolute atomic E-state index is 12.0. The molecule has 2 N–H and O–H groups in total. The van der Waals surface area contributed by atoms with Gasteiger partial charge >= 0.3 is 0 Å². The van der Waals surface area contributed by atoms with Gasteiger partial charge in [0.1, 0.15) is 6.04 Å². The van der Waals surface area contributed by atoms with E-state index in [1.54, 1.807) is 11.3 Å². The molecule has 3 rings (SSSR count). The van der Waals surface area contributed by atoms with E-state index in [1.807, 2.05) is 25.1 Å². The monoisotopic (exact) mass is 313 g/mol. The van der Waals surface area contributed by atoms with E-state index >= 15 is 0 Å². The first-order valence-electron chi connectivity index (χ1n) is 6.21. The van der Waals surface area contributed by atoms with Crippen molar-refractivity contribution in [1.82, 2.24) is 10.3 Å². The summed E-state index contributed by atoms with van der Waals surface area (Å²) in [5, 5.41) is 7.07. The zero-order valence-electron chi connectivity index (χ0n) is 11.0. The van der Waals surface area contributed by atoms with Crippen molar-refractivity contribution in [2.24, 2.45) is 0 Å². The Bertz CT molecular complexity index is 611. The smallest absolute Gasteiger partial charge is 0.243 e. The Kier molecular flexibility index (Phi) is 4.93. The quantitative estimate of drug-likeness (QED) is 0.889. The summed E-state index contributed by atoms with van der Waals surface area (Å²) in [6, 6.07) is 5.50. The molecule has 0 aliphatic carbocycles. The number of ether oxygens (including phenoxy) is 1. The Hall–Kier alpha value is -1.21. The molecule has 0 bridgehead atoms. The highest BCUT2D eigenvalue weighted by Gasteiger charge is 2.21. The standard InChI is InChI=1S/C13H15N3O2S.ClH/c1-8-15-10-3-2-9(6-12(10)19-8)16-13(17)11-7-18-5-4-14-11;/h2-3,6,11,14H,4-5,7H2,1H3,(H,16,17);1H. The average molecular weight is 314 g/mol. The fraction of sp³-hybridized carbons (Fsp3) is 0.385. The summed E-state index contributed by atoms with van der Waals surface area (Å²) in [6.45, 7) is 3.78. The first-order chi connectivity index (χ1) is 9.22. The Morgan fingerprint density at radius 3 is 3.15 bits per heavy atom. The minimum Gasteiger partial charge on any atom is -0.378 e. The normalized spacial score (nSPS) is 18.6. The zero-order valence-corrected chi connectivity index (χ0v) is 12.6. The molecule has 20 heavy (non-hydrogen) atoms. The van der Waals surface area contributed by atoms with Crippen LogP contribution in [0.3, 0.4) is 0 Å². The number of aryl methyl sites for hydroxylation is 1. The number of rotatable bonds is 2. The summed E-state index contributed by atoms with van der Waals surface area (Å²) in [6.07, 6.45) is 0. The topological polar surface area (TPSA) is 63.2 Å². The molecule has 0 saturated carbocycles. The van der Waals surface area contributed by atoms with Gasteiger partial charge in [0.05, 0.1) is 28.4 Å². The average Bonchev–Trinajstić information content (AvgIpc) is 2.79. The number of halogens is 1. The van der Waals surface area contributed by atoms with Crippen LogP contribution < -0.4 is 10.6 Å². The predicted molar refractivity (Wildman–Crippen MR) is 82.8 cm³/mol. The van der Waals surface area contributed by atoms with Gasteiger partial charge in [-0.15, -0.1) is 23.7 Å². The van der Waals surface area contributed by atoms with Gasteiger partial charge in [0.2, 0.25) is 5.91 Å². The van der Waals surface area contributed by atoms with Crippen LogP contribution in [0, 0.1) is 6.92 Å². The van der Waals surface area contributed by atoms with Gasteiger partial charge in [-0.25, -0.2) is 4.98 Å². The maximum Gasteiger partial charge on any atom is 0.243 e. The number of morpholine rings is 1. The summed E-state index contributed by atoms with van der Waals surface area (Å²) in [4.78, 5) is 16.4. The van der Waals surface area contributed by atoms with Crippen molar-refractivity contribution < 1.29 is 9.53 Å². The molecule has 1 atom stereocenters. The van der Waals surface area contributed by atoms with E-state index in [-0.39, 0.29) is 24.4 Å². The van der Waals surface area contributed by atoms with Crippen LogP contribution in [-0.4, -0.2) is 36.7 Å². The number of nitrogens with zero attached hydrogens (tertiary/aromatic N) is 1. The van der Waals surface area contributed by atoms with Crippen LogP contribution >= 0.6 is 23.7 Å². The molecule has 0 spiro atoms. The highest BCUT2D eigenvalue weighted by molar-refractivity contribution is 7.18. The van der Waals surface area contributed by atoms with Crippen LogP contribution in [0.25, 0.3) is 10.2 Å². The molecule has 1 aliphatic rings. The van der Waals surface area contributed by atoms with Crippen LogP contribution in [0.4, 0.5) is 5.69 Å². The lowest BCUT2D eigenvalue weighted by Gasteiger charge is -2.22. The lowest BCUT2D eigenvalue weighted by molar-refractivity contribution is -0.120. The lowest BCUT2D eigenvalue weighted by Crippen LogP contribution is -2.48. The summed E-state index contributed by atoms with van der Waals surface area (Å²) >= 11 is 1.63. The van der Waals surface area contributed by atoms with Crippen LogP contribution in [0.15, 0.2) is 18.2 Å². The van der Waals surface area contributed by atoms with E-state index in [0.29, 0.717) is 19.8 Å². The molecule has 5 nitrogen and oxygen atoms in total. The minimum atomic E-state index is -0.271. The van der Waals surface area contributed by atoms with Crippen molar-refractivity contribution in [3.05, 3.63) is 23.2 Å². The number of carbonyl (C=O) groups excluding carboxylic acids is 1. The van der Waals surface area contributed by atoms with Crippen LogP contribution in [0.1, 0.15) is 5.01 Å². The molecule has 1 saturated heterocycles. The molecule has 1 aromatic carbocycles. The fourth-order valence-corrected chi connectivity index (χ4v) is 2.95. The van der Waals surface area contributed by atoms with Crippen molar-refractivity contribution >= 4 is 45.6 Å². The van der Waals surface area contributed by atoms with Crippen molar-refractivity contribution in [2.75, 3.05) is 25.1 Å². The van der Waals surface area contributed by atoms with Crippen LogP contribution in [0.5, 0.6) is 0 Å². The Morgan fingerprint density at radius 2 is 2.40 bits per heavy atom. The molecular weight excluding hydrogens is 298 g/mol. The van der Waals surface area contributed by atoms with Gasteiger partial charge < -0.3 is 15.4 Å². The van der Waals surface area contributed by atoms with Gasteiger partial charge in [-0.3, -0.25) is 4.79 Å². The number of aromatic nitrogens is 1. The maximum atomic E-state index is 12.0. The van der Waals surface area contributed by atoms with E-state index in [0.717, 1.165) is 20.9 Å². The van der Waals surface area contributed by atoms with Gasteiger partial charge in [0.25, 0.3) is 0 Å². The number of anilines is 1. The summed E-state index contributed by atoms with van der Waals surface area (Å²) < 4.78 is 6.37. The Balaban J connectivity index is 0.00000147. The molecule has 7 heteroatoms. The number of thiazole rings is 1. The predicted octanol–water partition coefficient (Wildman–Crippen LogP) is 1.95. The first kappa shape index (κ1) is 15.2. The minimum absolute atomic E-state index is 0. The molecule has 108 valence electrons. The second kappa shape index (κ2) is 6.49. The second-order valence-corrected chi connectivity index (χ2v) is 5.72. The number of hydrogen-bond acceptors (Lipinski definition) is 5. The van der Waals surface area contributed by atoms with E-state index in [9.17, 15) is 4.79 Å². The van der Waals surface area contributed by atoms with Gasteiger partial charge in [-0.1, -0.05) is 0 Å². The third-order valence-electron chi connectivity index (χ3n) is 3.00. The molecule has 1 aromatic heterocycles. The van der Waals surface area contributed by atoms with Crippen molar-refractivity contribution in [3.63, 3.8) is 0 Å². The number of hydrogen-bond donors (Lipinski definition) is 2.